The third-order valence-corrected chi connectivity index (χ3v) is 5.99. The lowest BCUT2D eigenvalue weighted by molar-refractivity contribution is 0.428. The summed E-state index contributed by atoms with van der Waals surface area (Å²) in [6.45, 7) is 1.98. The van der Waals surface area contributed by atoms with E-state index in [9.17, 15) is 8.42 Å². The van der Waals surface area contributed by atoms with Gasteiger partial charge in [0.1, 0.15) is 0 Å². The van der Waals surface area contributed by atoms with E-state index in [0.717, 1.165) is 31.1 Å². The summed E-state index contributed by atoms with van der Waals surface area (Å²) < 4.78 is 28.4. The molecule has 5 heteroatoms. The highest BCUT2D eigenvalue weighted by molar-refractivity contribution is 7.89. The number of benzene rings is 2. The summed E-state index contributed by atoms with van der Waals surface area (Å²) in [5.74, 6) is 0. The highest BCUT2D eigenvalue weighted by Gasteiger charge is 2.34. The smallest absolute Gasteiger partial charge is 0.241 e. The Morgan fingerprint density at radius 2 is 1.67 bits per heavy atom. The molecule has 0 bridgehead atoms. The zero-order chi connectivity index (χ0) is 15.1. The van der Waals surface area contributed by atoms with E-state index in [4.69, 9.17) is 5.73 Å². The van der Waals surface area contributed by atoms with Gasteiger partial charge in [0.15, 0.2) is 0 Å². The number of hydrogen-bond donors (Lipinski definition) is 2. The van der Waals surface area contributed by atoms with Crippen LogP contribution in [0.1, 0.15) is 32.6 Å². The average Bonchev–Trinajstić information content (AvgIpc) is 2.84. The topological polar surface area (TPSA) is 72.2 Å². The van der Waals surface area contributed by atoms with Gasteiger partial charge in [0.05, 0.1) is 4.90 Å². The van der Waals surface area contributed by atoms with Gasteiger partial charge >= 0.3 is 0 Å². The minimum atomic E-state index is -3.55. The molecule has 21 heavy (non-hydrogen) atoms. The second kappa shape index (κ2) is 5.00. The van der Waals surface area contributed by atoms with Gasteiger partial charge in [-0.15, -0.1) is 0 Å². The molecular weight excluding hydrogens is 284 g/mol. The van der Waals surface area contributed by atoms with Crippen LogP contribution < -0.4 is 10.5 Å². The molecule has 1 aliphatic rings. The van der Waals surface area contributed by atoms with Crippen LogP contribution >= 0.6 is 0 Å². The molecule has 0 unspecified atom stereocenters. The van der Waals surface area contributed by atoms with Crippen molar-refractivity contribution in [2.45, 2.75) is 43.0 Å². The minimum absolute atomic E-state index is 0.306. The summed E-state index contributed by atoms with van der Waals surface area (Å²) in [6, 6.07) is 10.6. The highest BCUT2D eigenvalue weighted by atomic mass is 32.2. The van der Waals surface area contributed by atoms with E-state index in [1.54, 1.807) is 18.2 Å². The molecule has 0 amide bonds. The molecule has 0 radical (unpaired) electrons. The Labute approximate surface area is 125 Å². The molecule has 2 aromatic rings. The predicted molar refractivity (Wildman–Crippen MR) is 85.6 cm³/mol. The number of hydrogen-bond acceptors (Lipinski definition) is 3. The van der Waals surface area contributed by atoms with Crippen LogP contribution in [0.3, 0.4) is 0 Å². The minimum Gasteiger partial charge on any atom is -0.398 e. The number of rotatable bonds is 3. The first kappa shape index (κ1) is 14.4. The summed E-state index contributed by atoms with van der Waals surface area (Å²) in [6.07, 6.45) is 3.92. The monoisotopic (exact) mass is 304 g/mol. The molecule has 3 rings (SSSR count). The van der Waals surface area contributed by atoms with E-state index in [1.165, 1.54) is 0 Å². The normalized spacial score (nSPS) is 18.1. The molecule has 1 fully saturated rings. The molecule has 1 saturated carbocycles. The van der Waals surface area contributed by atoms with Gasteiger partial charge in [-0.05, 0) is 31.9 Å². The van der Waals surface area contributed by atoms with E-state index in [2.05, 4.69) is 4.72 Å². The maximum atomic E-state index is 12.8. The Balaban J connectivity index is 2.09. The molecule has 0 atom stereocenters. The van der Waals surface area contributed by atoms with E-state index >= 15 is 0 Å². The van der Waals surface area contributed by atoms with Crippen LogP contribution in [-0.4, -0.2) is 14.0 Å². The van der Waals surface area contributed by atoms with Crippen LogP contribution in [0.4, 0.5) is 5.69 Å². The van der Waals surface area contributed by atoms with Crippen molar-refractivity contribution in [1.82, 2.24) is 4.72 Å². The predicted octanol–water partition coefficient (Wildman–Crippen LogP) is 3.03. The first-order valence-corrected chi connectivity index (χ1v) is 8.71. The summed E-state index contributed by atoms with van der Waals surface area (Å²) in [4.78, 5) is 0.306. The summed E-state index contributed by atoms with van der Waals surface area (Å²) >= 11 is 0. The van der Waals surface area contributed by atoms with Crippen LogP contribution in [0.2, 0.25) is 0 Å². The van der Waals surface area contributed by atoms with Crippen molar-refractivity contribution in [3.63, 3.8) is 0 Å². The first-order valence-electron chi connectivity index (χ1n) is 7.23. The fourth-order valence-corrected chi connectivity index (χ4v) is 4.84. The van der Waals surface area contributed by atoms with Crippen LogP contribution in [0.15, 0.2) is 41.3 Å². The highest BCUT2D eigenvalue weighted by Crippen LogP contribution is 2.33. The summed E-state index contributed by atoms with van der Waals surface area (Å²) in [7, 11) is -3.55. The maximum absolute atomic E-state index is 12.8. The lowest BCUT2D eigenvalue weighted by Crippen LogP contribution is -2.43. The molecule has 3 N–H and O–H groups in total. The second-order valence-electron chi connectivity index (χ2n) is 6.07. The van der Waals surface area contributed by atoms with Crippen LogP contribution in [0, 0.1) is 0 Å². The second-order valence-corrected chi connectivity index (χ2v) is 7.72. The van der Waals surface area contributed by atoms with Gasteiger partial charge in [0, 0.05) is 22.0 Å². The Bertz CT molecular complexity index is 778. The number of nitrogen functional groups attached to an aromatic ring is 1. The zero-order valence-corrected chi connectivity index (χ0v) is 12.9. The van der Waals surface area contributed by atoms with E-state index in [1.807, 2.05) is 25.1 Å². The molecule has 1 aliphatic carbocycles. The molecular formula is C16H20N2O2S. The fourth-order valence-electron chi connectivity index (χ4n) is 3.17. The third kappa shape index (κ3) is 2.63. The molecule has 0 aliphatic heterocycles. The van der Waals surface area contributed by atoms with Gasteiger partial charge in [-0.1, -0.05) is 37.1 Å². The van der Waals surface area contributed by atoms with Gasteiger partial charge in [-0.25, -0.2) is 13.1 Å². The van der Waals surface area contributed by atoms with Gasteiger partial charge in [0.25, 0.3) is 0 Å². The van der Waals surface area contributed by atoms with Gasteiger partial charge in [0.2, 0.25) is 10.0 Å². The van der Waals surface area contributed by atoms with Gasteiger partial charge < -0.3 is 5.73 Å². The zero-order valence-electron chi connectivity index (χ0n) is 12.1. The van der Waals surface area contributed by atoms with Crippen molar-refractivity contribution in [3.05, 3.63) is 36.4 Å². The van der Waals surface area contributed by atoms with E-state index < -0.39 is 10.0 Å². The standard InChI is InChI=1S/C16H20N2O2S/c1-16(10-4-5-11-16)18-21(19,20)15-9-8-14(17)12-6-2-3-7-13(12)15/h2-3,6-9,18H,4-5,10-11,17H2,1H3. The summed E-state index contributed by atoms with van der Waals surface area (Å²) in [5.41, 5.74) is 6.20. The largest absolute Gasteiger partial charge is 0.398 e. The lowest BCUT2D eigenvalue weighted by Gasteiger charge is -2.25. The summed E-state index contributed by atoms with van der Waals surface area (Å²) in [5, 5.41) is 1.45. The van der Waals surface area contributed by atoms with Crippen LogP contribution in [0.25, 0.3) is 10.8 Å². The molecule has 0 heterocycles. The van der Waals surface area contributed by atoms with E-state index in [-0.39, 0.29) is 5.54 Å². The molecule has 0 spiro atoms. The van der Waals surface area contributed by atoms with Gasteiger partial charge in [-0.2, -0.15) is 0 Å². The Kier molecular flexibility index (Phi) is 3.42. The molecule has 4 nitrogen and oxygen atoms in total. The number of fused-ring (bicyclic) bond motifs is 1. The van der Waals surface area contributed by atoms with Crippen molar-refractivity contribution >= 4 is 26.5 Å². The quantitative estimate of drug-likeness (QED) is 0.856. The Hall–Kier alpha value is -1.59. The number of nitrogens with one attached hydrogen (secondary N) is 1. The molecule has 112 valence electrons. The fraction of sp³-hybridized carbons (Fsp3) is 0.375. The molecule has 2 aromatic carbocycles. The maximum Gasteiger partial charge on any atom is 0.241 e. The average molecular weight is 304 g/mol. The third-order valence-electron chi connectivity index (χ3n) is 4.30. The van der Waals surface area contributed by atoms with Gasteiger partial charge in [-0.3, -0.25) is 0 Å². The number of anilines is 1. The van der Waals surface area contributed by atoms with Crippen molar-refractivity contribution in [2.24, 2.45) is 0 Å². The van der Waals surface area contributed by atoms with Crippen molar-refractivity contribution in [3.8, 4) is 0 Å². The molecule has 0 aromatic heterocycles. The van der Waals surface area contributed by atoms with Crippen molar-refractivity contribution < 1.29 is 8.42 Å². The number of nitrogens with two attached hydrogens (primary N) is 1. The Morgan fingerprint density at radius 1 is 1.05 bits per heavy atom. The molecule has 0 saturated heterocycles. The van der Waals surface area contributed by atoms with Crippen molar-refractivity contribution in [1.29, 1.82) is 0 Å². The SMILES string of the molecule is CC1(NS(=O)(=O)c2ccc(N)c3ccccc23)CCCC1. The van der Waals surface area contributed by atoms with Crippen molar-refractivity contribution in [2.75, 3.05) is 5.73 Å². The first-order chi connectivity index (χ1) is 9.91. The van der Waals surface area contributed by atoms with E-state index in [0.29, 0.717) is 16.0 Å². The Morgan fingerprint density at radius 3 is 2.33 bits per heavy atom. The lowest BCUT2D eigenvalue weighted by atomic mass is 10.0. The van der Waals surface area contributed by atoms with Crippen LogP contribution in [0.5, 0.6) is 0 Å². The van der Waals surface area contributed by atoms with Crippen LogP contribution in [-0.2, 0) is 10.0 Å². The number of sulfonamides is 1.